The van der Waals surface area contributed by atoms with Gasteiger partial charge in [-0.25, -0.2) is 0 Å². The number of hydrogen-bond donors (Lipinski definition) is 1. The molecule has 1 saturated heterocycles. The number of aromatic nitrogens is 2. The van der Waals surface area contributed by atoms with E-state index >= 15 is 0 Å². The Bertz CT molecular complexity index is 1230. The van der Waals surface area contributed by atoms with E-state index in [1.54, 1.807) is 7.11 Å². The molecule has 2 aliphatic heterocycles. The van der Waals surface area contributed by atoms with Crippen LogP contribution in [0.4, 0.5) is 0 Å². The molecule has 36 heavy (non-hydrogen) atoms. The summed E-state index contributed by atoms with van der Waals surface area (Å²) in [4.78, 5) is 20.1. The highest BCUT2D eigenvalue weighted by Crippen LogP contribution is 2.41. The monoisotopic (exact) mass is 490 g/mol. The van der Waals surface area contributed by atoms with Crippen molar-refractivity contribution in [1.82, 2.24) is 20.4 Å². The van der Waals surface area contributed by atoms with Crippen LogP contribution in [0.25, 0.3) is 11.4 Å². The summed E-state index contributed by atoms with van der Waals surface area (Å²) < 4.78 is 17.0. The topological polar surface area (TPSA) is 89.7 Å². The lowest BCUT2D eigenvalue weighted by Crippen LogP contribution is -2.45. The van der Waals surface area contributed by atoms with Gasteiger partial charge in [0, 0.05) is 29.5 Å². The SMILES string of the molecule is COc1ccc2c(c1)OC(C)(C)CC2NC(=O)C1CCN(Cc2nc(-c3cccc(C)c3)no2)CC1. The maximum absolute atomic E-state index is 13.2. The van der Waals surface area contributed by atoms with Crippen LogP contribution >= 0.6 is 0 Å². The Hall–Kier alpha value is -3.39. The summed E-state index contributed by atoms with van der Waals surface area (Å²) in [6, 6.07) is 13.8. The van der Waals surface area contributed by atoms with Gasteiger partial charge in [0.15, 0.2) is 0 Å². The smallest absolute Gasteiger partial charge is 0.241 e. The van der Waals surface area contributed by atoms with E-state index in [-0.39, 0.29) is 23.5 Å². The number of amides is 1. The third kappa shape index (κ3) is 5.38. The number of nitrogens with zero attached hydrogens (tertiary/aromatic N) is 3. The molecule has 8 heteroatoms. The zero-order valence-corrected chi connectivity index (χ0v) is 21.4. The van der Waals surface area contributed by atoms with Crippen LogP contribution in [0.2, 0.25) is 0 Å². The predicted molar refractivity (Wildman–Crippen MR) is 136 cm³/mol. The van der Waals surface area contributed by atoms with Crippen molar-refractivity contribution in [2.75, 3.05) is 20.2 Å². The first-order valence-electron chi connectivity index (χ1n) is 12.6. The normalized spacial score (nSPS) is 19.8. The molecular weight excluding hydrogens is 456 g/mol. The molecule has 0 bridgehead atoms. The zero-order valence-electron chi connectivity index (χ0n) is 21.4. The molecular formula is C28H34N4O4. The van der Waals surface area contributed by atoms with E-state index < -0.39 is 0 Å². The Balaban J connectivity index is 1.17. The van der Waals surface area contributed by atoms with Gasteiger partial charge >= 0.3 is 0 Å². The van der Waals surface area contributed by atoms with Crippen LogP contribution in [0.15, 0.2) is 47.0 Å². The third-order valence-electron chi connectivity index (χ3n) is 7.06. The highest BCUT2D eigenvalue weighted by Gasteiger charge is 2.36. The molecule has 2 aliphatic rings. The van der Waals surface area contributed by atoms with Crippen molar-refractivity contribution in [1.29, 1.82) is 0 Å². The van der Waals surface area contributed by atoms with E-state index in [2.05, 4.69) is 34.2 Å². The highest BCUT2D eigenvalue weighted by molar-refractivity contribution is 5.79. The number of carbonyl (C=O) groups excluding carboxylic acids is 1. The molecule has 8 nitrogen and oxygen atoms in total. The number of methoxy groups -OCH3 is 1. The predicted octanol–water partition coefficient (Wildman–Crippen LogP) is 4.68. The average molecular weight is 491 g/mol. The fourth-order valence-corrected chi connectivity index (χ4v) is 5.14. The molecule has 1 N–H and O–H groups in total. The van der Waals surface area contributed by atoms with Crippen LogP contribution in [-0.2, 0) is 11.3 Å². The molecule has 0 radical (unpaired) electrons. The molecule has 1 atom stereocenters. The average Bonchev–Trinajstić information content (AvgIpc) is 3.32. The van der Waals surface area contributed by atoms with Gasteiger partial charge in [-0.1, -0.05) is 28.9 Å². The number of fused-ring (bicyclic) bond motifs is 1. The van der Waals surface area contributed by atoms with Crippen molar-refractivity contribution >= 4 is 5.91 Å². The van der Waals surface area contributed by atoms with Crippen molar-refractivity contribution in [3.05, 3.63) is 59.5 Å². The van der Waals surface area contributed by atoms with Gasteiger partial charge in [0.25, 0.3) is 0 Å². The molecule has 3 heterocycles. The number of likely N-dealkylation sites (tertiary alicyclic amines) is 1. The van der Waals surface area contributed by atoms with E-state index in [9.17, 15) is 4.79 Å². The summed E-state index contributed by atoms with van der Waals surface area (Å²) in [7, 11) is 1.64. The third-order valence-corrected chi connectivity index (χ3v) is 7.06. The van der Waals surface area contributed by atoms with Gasteiger partial charge in [0.05, 0.1) is 19.7 Å². The minimum absolute atomic E-state index is 0.0144. The number of carbonyl (C=O) groups is 1. The second kappa shape index (κ2) is 9.93. The van der Waals surface area contributed by atoms with Gasteiger partial charge in [-0.05, 0) is 64.9 Å². The molecule has 0 saturated carbocycles. The van der Waals surface area contributed by atoms with Crippen molar-refractivity contribution in [2.45, 2.75) is 58.2 Å². The van der Waals surface area contributed by atoms with Crippen LogP contribution < -0.4 is 14.8 Å². The Morgan fingerprint density at radius 1 is 1.19 bits per heavy atom. The van der Waals surface area contributed by atoms with Gasteiger partial charge < -0.3 is 19.3 Å². The largest absolute Gasteiger partial charge is 0.497 e. The molecule has 2 aromatic carbocycles. The lowest BCUT2D eigenvalue weighted by atomic mass is 9.88. The number of rotatable bonds is 6. The van der Waals surface area contributed by atoms with E-state index in [4.69, 9.17) is 14.0 Å². The number of benzene rings is 2. The number of aryl methyl sites for hydroxylation is 1. The summed E-state index contributed by atoms with van der Waals surface area (Å²) >= 11 is 0. The standard InChI is InChI=1S/C28H34N4O4/c1-18-6-5-7-20(14-18)26-30-25(36-31-26)17-32-12-10-19(11-13-32)27(33)29-23-16-28(2,3)35-24-15-21(34-4)8-9-22(23)24/h5-9,14-15,19,23H,10-13,16-17H2,1-4H3,(H,29,33). The fourth-order valence-electron chi connectivity index (χ4n) is 5.14. The molecule has 5 rings (SSSR count). The Labute approximate surface area is 212 Å². The molecule has 0 spiro atoms. The first-order chi connectivity index (χ1) is 17.3. The van der Waals surface area contributed by atoms with Crippen LogP contribution in [0.5, 0.6) is 11.5 Å². The van der Waals surface area contributed by atoms with Crippen molar-refractivity contribution in [3.8, 4) is 22.9 Å². The lowest BCUT2D eigenvalue weighted by Gasteiger charge is -2.39. The Kier molecular flexibility index (Phi) is 6.71. The second-order valence-corrected chi connectivity index (χ2v) is 10.5. The molecule has 3 aromatic rings. The van der Waals surface area contributed by atoms with Gasteiger partial charge in [0.1, 0.15) is 17.1 Å². The van der Waals surface area contributed by atoms with E-state index in [0.29, 0.717) is 18.3 Å². The number of nitrogens with one attached hydrogen (secondary N) is 1. The maximum atomic E-state index is 13.2. The summed E-state index contributed by atoms with van der Waals surface area (Å²) in [5, 5.41) is 7.46. The summed E-state index contributed by atoms with van der Waals surface area (Å²) in [6.45, 7) is 8.37. The van der Waals surface area contributed by atoms with E-state index in [0.717, 1.165) is 60.5 Å². The van der Waals surface area contributed by atoms with Crippen LogP contribution in [-0.4, -0.2) is 46.7 Å². The molecule has 190 valence electrons. The van der Waals surface area contributed by atoms with E-state index in [1.165, 1.54) is 0 Å². The van der Waals surface area contributed by atoms with E-state index in [1.807, 2.05) is 49.4 Å². The van der Waals surface area contributed by atoms with Gasteiger partial charge in [-0.3, -0.25) is 9.69 Å². The van der Waals surface area contributed by atoms with Crippen LogP contribution in [0.1, 0.15) is 56.2 Å². The summed E-state index contributed by atoms with van der Waals surface area (Å²) in [5.41, 5.74) is 2.74. The zero-order chi connectivity index (χ0) is 25.3. The second-order valence-electron chi connectivity index (χ2n) is 10.5. The minimum Gasteiger partial charge on any atom is -0.497 e. The number of hydrogen-bond acceptors (Lipinski definition) is 7. The molecule has 1 unspecified atom stereocenters. The summed E-state index contributed by atoms with van der Waals surface area (Å²) in [6.07, 6.45) is 2.32. The van der Waals surface area contributed by atoms with Crippen molar-refractivity contribution in [3.63, 3.8) is 0 Å². The highest BCUT2D eigenvalue weighted by atomic mass is 16.5. The van der Waals surface area contributed by atoms with Crippen molar-refractivity contribution in [2.24, 2.45) is 5.92 Å². The quantitative estimate of drug-likeness (QED) is 0.536. The number of piperidine rings is 1. The first-order valence-corrected chi connectivity index (χ1v) is 12.6. The molecule has 1 amide bonds. The van der Waals surface area contributed by atoms with Crippen molar-refractivity contribution < 1.29 is 18.8 Å². The minimum atomic E-state index is -0.373. The van der Waals surface area contributed by atoms with Gasteiger partial charge in [-0.15, -0.1) is 0 Å². The molecule has 0 aliphatic carbocycles. The Morgan fingerprint density at radius 3 is 2.75 bits per heavy atom. The van der Waals surface area contributed by atoms with Gasteiger partial charge in [-0.2, -0.15) is 4.98 Å². The van der Waals surface area contributed by atoms with Crippen LogP contribution in [0, 0.1) is 12.8 Å². The maximum Gasteiger partial charge on any atom is 0.241 e. The van der Waals surface area contributed by atoms with Crippen LogP contribution in [0.3, 0.4) is 0 Å². The molecule has 1 fully saturated rings. The summed E-state index contributed by atoms with van der Waals surface area (Å²) in [5.74, 6) is 2.83. The number of ether oxygens (including phenoxy) is 2. The molecule has 1 aromatic heterocycles. The Morgan fingerprint density at radius 2 is 2.00 bits per heavy atom. The van der Waals surface area contributed by atoms with Gasteiger partial charge in [0.2, 0.25) is 17.6 Å². The fraction of sp³-hybridized carbons (Fsp3) is 0.464. The lowest BCUT2D eigenvalue weighted by molar-refractivity contribution is -0.127. The first kappa shape index (κ1) is 24.3.